The zero-order valence-corrected chi connectivity index (χ0v) is 10.0. The summed E-state index contributed by atoms with van der Waals surface area (Å²) in [5.41, 5.74) is 2.86. The molecular weight excluding hydrogens is 218 g/mol. The molecule has 0 aromatic heterocycles. The molecule has 1 aliphatic rings. The van der Waals surface area contributed by atoms with E-state index in [-0.39, 0.29) is 6.03 Å². The van der Waals surface area contributed by atoms with Crippen LogP contribution in [0, 0.1) is 0 Å². The van der Waals surface area contributed by atoms with Crippen LogP contribution in [0.5, 0.6) is 0 Å². The Morgan fingerprint density at radius 2 is 2.35 bits per heavy atom. The van der Waals surface area contributed by atoms with Crippen LogP contribution in [0.4, 0.5) is 16.2 Å². The average molecular weight is 235 g/mol. The Hall–Kier alpha value is -1.75. The number of fused-ring (bicyclic) bond motifs is 1. The number of benzene rings is 1. The lowest BCUT2D eigenvalue weighted by molar-refractivity contribution is 0.134. The van der Waals surface area contributed by atoms with Crippen LogP contribution in [-0.4, -0.2) is 35.7 Å². The largest absolute Gasteiger partial charge is 0.392 e. The highest BCUT2D eigenvalue weighted by molar-refractivity contribution is 5.93. The fraction of sp³-hybridized carbons (Fsp3) is 0.417. The highest BCUT2D eigenvalue weighted by Gasteiger charge is 2.23. The molecule has 1 aromatic rings. The van der Waals surface area contributed by atoms with Gasteiger partial charge in [0.25, 0.3) is 0 Å². The van der Waals surface area contributed by atoms with E-state index >= 15 is 0 Å². The molecule has 0 bridgehead atoms. The molecule has 1 atom stereocenters. The molecule has 0 saturated heterocycles. The smallest absolute Gasteiger partial charge is 0.322 e. The van der Waals surface area contributed by atoms with E-state index in [1.54, 1.807) is 11.8 Å². The van der Waals surface area contributed by atoms with Gasteiger partial charge in [-0.15, -0.1) is 0 Å². The maximum Gasteiger partial charge on any atom is 0.322 e. The molecule has 0 fully saturated rings. The molecule has 0 saturated carbocycles. The van der Waals surface area contributed by atoms with E-state index in [1.807, 2.05) is 25.2 Å². The van der Waals surface area contributed by atoms with Crippen molar-refractivity contribution in [2.24, 2.45) is 0 Å². The first kappa shape index (κ1) is 11.7. The van der Waals surface area contributed by atoms with Crippen molar-refractivity contribution in [3.05, 3.63) is 23.8 Å². The quantitative estimate of drug-likeness (QED) is 0.743. The summed E-state index contributed by atoms with van der Waals surface area (Å²) in [5.74, 6) is 0. The monoisotopic (exact) mass is 235 g/mol. The van der Waals surface area contributed by atoms with E-state index in [0.29, 0.717) is 13.1 Å². The van der Waals surface area contributed by atoms with E-state index < -0.39 is 6.10 Å². The van der Waals surface area contributed by atoms with Gasteiger partial charge in [-0.25, -0.2) is 4.79 Å². The first-order chi connectivity index (χ1) is 8.10. The predicted octanol–water partition coefficient (Wildman–Crippen LogP) is 1.46. The summed E-state index contributed by atoms with van der Waals surface area (Å²) in [7, 11) is 1.84. The molecule has 5 heteroatoms. The van der Waals surface area contributed by atoms with Crippen molar-refractivity contribution in [3.8, 4) is 0 Å². The van der Waals surface area contributed by atoms with Gasteiger partial charge in [-0.05, 0) is 24.6 Å². The minimum absolute atomic E-state index is 0.161. The van der Waals surface area contributed by atoms with Crippen LogP contribution in [0.1, 0.15) is 12.5 Å². The number of nitrogens with one attached hydrogen (secondary N) is 2. The van der Waals surface area contributed by atoms with Crippen LogP contribution in [0.3, 0.4) is 0 Å². The summed E-state index contributed by atoms with van der Waals surface area (Å²) >= 11 is 0. The van der Waals surface area contributed by atoms with Crippen LogP contribution in [-0.2, 0) is 6.54 Å². The Balaban J connectivity index is 2.21. The minimum atomic E-state index is -0.515. The lowest BCUT2D eigenvalue weighted by Crippen LogP contribution is -2.42. The first-order valence-electron chi connectivity index (χ1n) is 5.65. The van der Waals surface area contributed by atoms with Crippen LogP contribution < -0.4 is 10.6 Å². The number of anilines is 2. The average Bonchev–Trinajstić information content (AvgIpc) is 2.29. The molecular formula is C12H17N3O2. The molecule has 5 nitrogen and oxygen atoms in total. The second-order valence-electron chi connectivity index (χ2n) is 4.28. The molecule has 2 rings (SSSR count). The van der Waals surface area contributed by atoms with E-state index in [0.717, 1.165) is 16.9 Å². The molecule has 2 amide bonds. The predicted molar refractivity (Wildman–Crippen MR) is 67.1 cm³/mol. The fourth-order valence-electron chi connectivity index (χ4n) is 1.92. The van der Waals surface area contributed by atoms with Crippen LogP contribution >= 0.6 is 0 Å². The zero-order valence-electron chi connectivity index (χ0n) is 10.0. The van der Waals surface area contributed by atoms with E-state index in [9.17, 15) is 9.90 Å². The van der Waals surface area contributed by atoms with Gasteiger partial charge in [-0.1, -0.05) is 6.07 Å². The number of nitrogens with zero attached hydrogens (tertiary/aromatic N) is 1. The van der Waals surface area contributed by atoms with Crippen LogP contribution in [0.15, 0.2) is 18.2 Å². The number of carbonyl (C=O) groups is 1. The number of hydrogen-bond acceptors (Lipinski definition) is 3. The number of aliphatic hydroxyl groups excluding tert-OH is 1. The van der Waals surface area contributed by atoms with E-state index in [4.69, 9.17) is 0 Å². The van der Waals surface area contributed by atoms with Crippen LogP contribution in [0.2, 0.25) is 0 Å². The van der Waals surface area contributed by atoms with Gasteiger partial charge in [0, 0.05) is 31.5 Å². The molecule has 0 radical (unpaired) electrons. The van der Waals surface area contributed by atoms with Gasteiger partial charge in [-0.3, -0.25) is 0 Å². The highest BCUT2D eigenvalue weighted by Crippen LogP contribution is 2.26. The summed E-state index contributed by atoms with van der Waals surface area (Å²) in [6.07, 6.45) is -0.515. The van der Waals surface area contributed by atoms with Gasteiger partial charge in [-0.2, -0.15) is 0 Å². The molecule has 0 unspecified atom stereocenters. The zero-order chi connectivity index (χ0) is 12.4. The summed E-state index contributed by atoms with van der Waals surface area (Å²) in [6, 6.07) is 5.70. The molecule has 0 aliphatic carbocycles. The Morgan fingerprint density at radius 3 is 3.00 bits per heavy atom. The number of urea groups is 1. The number of rotatable bonds is 3. The molecule has 1 heterocycles. The SMILES string of the molecule is CNc1ccc2c(c1)NC(=O)N(C[C@@H](C)O)C2. The molecule has 1 aromatic carbocycles. The summed E-state index contributed by atoms with van der Waals surface area (Å²) in [5, 5.41) is 15.2. The third-order valence-corrected chi connectivity index (χ3v) is 2.77. The summed E-state index contributed by atoms with van der Waals surface area (Å²) < 4.78 is 0. The molecule has 1 aliphatic heterocycles. The number of β-amino-alcohol motifs (C(OH)–C–C–N with tert-alkyl or cyclic N) is 1. The molecule has 3 N–H and O–H groups in total. The van der Waals surface area contributed by atoms with Crippen molar-refractivity contribution < 1.29 is 9.90 Å². The molecule has 92 valence electrons. The van der Waals surface area contributed by atoms with Gasteiger partial charge >= 0.3 is 6.03 Å². The number of hydrogen-bond donors (Lipinski definition) is 3. The maximum absolute atomic E-state index is 11.8. The minimum Gasteiger partial charge on any atom is -0.392 e. The Labute approximate surface area is 100 Å². The van der Waals surface area contributed by atoms with Crippen molar-refractivity contribution in [1.29, 1.82) is 0 Å². The third kappa shape index (κ3) is 2.50. The first-order valence-corrected chi connectivity index (χ1v) is 5.65. The Kier molecular flexibility index (Phi) is 3.19. The lowest BCUT2D eigenvalue weighted by Gasteiger charge is -2.30. The van der Waals surface area contributed by atoms with E-state index in [2.05, 4.69) is 10.6 Å². The van der Waals surface area contributed by atoms with Gasteiger partial charge < -0.3 is 20.6 Å². The second kappa shape index (κ2) is 4.63. The topological polar surface area (TPSA) is 64.6 Å². The van der Waals surface area contributed by atoms with Gasteiger partial charge in [0.05, 0.1) is 6.10 Å². The van der Waals surface area contributed by atoms with Crippen molar-refractivity contribution in [1.82, 2.24) is 4.90 Å². The third-order valence-electron chi connectivity index (χ3n) is 2.77. The number of amides is 2. The Bertz CT molecular complexity index is 432. The standard InChI is InChI=1S/C12H17N3O2/c1-8(16)6-15-7-9-3-4-10(13-2)5-11(9)14-12(15)17/h3-5,8,13,16H,6-7H2,1-2H3,(H,14,17)/t8-/m1/s1. The number of carbonyl (C=O) groups excluding carboxylic acids is 1. The fourth-order valence-corrected chi connectivity index (χ4v) is 1.92. The van der Waals surface area contributed by atoms with E-state index in [1.165, 1.54) is 0 Å². The Morgan fingerprint density at radius 1 is 1.59 bits per heavy atom. The van der Waals surface area contributed by atoms with Gasteiger partial charge in [0.15, 0.2) is 0 Å². The van der Waals surface area contributed by atoms with Crippen molar-refractivity contribution >= 4 is 17.4 Å². The summed E-state index contributed by atoms with van der Waals surface area (Å²) in [4.78, 5) is 13.4. The van der Waals surface area contributed by atoms with Crippen LogP contribution in [0.25, 0.3) is 0 Å². The van der Waals surface area contributed by atoms with Gasteiger partial charge in [0.2, 0.25) is 0 Å². The molecule has 0 spiro atoms. The van der Waals surface area contributed by atoms with Gasteiger partial charge in [0.1, 0.15) is 0 Å². The summed E-state index contributed by atoms with van der Waals surface area (Å²) in [6.45, 7) is 2.56. The van der Waals surface area contributed by atoms with Crippen molar-refractivity contribution in [2.75, 3.05) is 24.2 Å². The highest BCUT2D eigenvalue weighted by atomic mass is 16.3. The van der Waals surface area contributed by atoms with Crippen molar-refractivity contribution in [2.45, 2.75) is 19.6 Å². The lowest BCUT2D eigenvalue weighted by atomic mass is 10.1. The number of aliphatic hydroxyl groups is 1. The molecule has 17 heavy (non-hydrogen) atoms. The normalized spacial score (nSPS) is 16.2. The second-order valence-corrected chi connectivity index (χ2v) is 4.28. The maximum atomic E-state index is 11.8. The van der Waals surface area contributed by atoms with Crippen molar-refractivity contribution in [3.63, 3.8) is 0 Å².